The van der Waals surface area contributed by atoms with Crippen LogP contribution in [0.5, 0.6) is 11.6 Å². The smallest absolute Gasteiger partial charge is 0.263 e. The second kappa shape index (κ2) is 12.8. The molecule has 0 aliphatic heterocycles. The lowest BCUT2D eigenvalue weighted by Gasteiger charge is -2.12. The molecule has 1 amide bonds. The van der Waals surface area contributed by atoms with E-state index in [1.807, 2.05) is 6.92 Å². The van der Waals surface area contributed by atoms with Gasteiger partial charge < -0.3 is 19.5 Å². The maximum Gasteiger partial charge on any atom is 0.263 e. The molecule has 190 valence electrons. The summed E-state index contributed by atoms with van der Waals surface area (Å²) in [4.78, 5) is 20.3. The Kier molecular flexibility index (Phi) is 9.50. The van der Waals surface area contributed by atoms with Gasteiger partial charge in [-0.1, -0.05) is 6.07 Å². The molecule has 0 saturated heterocycles. The van der Waals surface area contributed by atoms with E-state index in [1.165, 1.54) is 43.8 Å². The molecule has 0 spiro atoms. The Morgan fingerprint density at radius 1 is 1.06 bits per heavy atom. The number of amides is 1. The van der Waals surface area contributed by atoms with Crippen LogP contribution < -0.4 is 24.8 Å². The Morgan fingerprint density at radius 2 is 1.83 bits per heavy atom. The summed E-state index contributed by atoms with van der Waals surface area (Å²) in [5, 5.41) is 5.48. The van der Waals surface area contributed by atoms with Gasteiger partial charge in [0.15, 0.2) is 5.11 Å². The van der Waals surface area contributed by atoms with E-state index in [2.05, 4.69) is 25.3 Å². The van der Waals surface area contributed by atoms with Crippen molar-refractivity contribution >= 4 is 44.8 Å². The first kappa shape index (κ1) is 26.8. The number of nitrogens with one attached hydrogen (secondary N) is 3. The fourth-order valence-electron chi connectivity index (χ4n) is 2.85. The molecule has 2 aromatic carbocycles. The van der Waals surface area contributed by atoms with Crippen LogP contribution in [-0.4, -0.2) is 56.3 Å². The van der Waals surface area contributed by atoms with Crippen LogP contribution >= 0.6 is 12.2 Å². The quantitative estimate of drug-likeness (QED) is 0.250. The van der Waals surface area contributed by atoms with Crippen molar-refractivity contribution in [2.24, 2.45) is 0 Å². The number of sulfonamides is 1. The summed E-state index contributed by atoms with van der Waals surface area (Å²) >= 11 is 5.21. The molecule has 0 aliphatic rings. The number of thiocarbonyl (C=S) groups is 1. The van der Waals surface area contributed by atoms with Gasteiger partial charge >= 0.3 is 0 Å². The largest absolute Gasteiger partial charge is 0.491 e. The van der Waals surface area contributed by atoms with Crippen LogP contribution in [0, 0.1) is 0 Å². The number of methoxy groups -OCH3 is 1. The van der Waals surface area contributed by atoms with E-state index in [0.29, 0.717) is 36.8 Å². The Labute approximate surface area is 214 Å². The molecular formula is C23H25N5O6S2. The highest BCUT2D eigenvalue weighted by atomic mass is 32.2. The third-order valence-corrected chi connectivity index (χ3v) is 6.11. The van der Waals surface area contributed by atoms with Crippen LogP contribution in [0.1, 0.15) is 17.3 Å². The number of hydrogen-bond donors (Lipinski definition) is 3. The normalized spacial score (nSPS) is 10.8. The zero-order valence-corrected chi connectivity index (χ0v) is 21.2. The highest BCUT2D eigenvalue weighted by molar-refractivity contribution is 7.92. The number of anilines is 2. The van der Waals surface area contributed by atoms with Crippen LogP contribution in [0.25, 0.3) is 0 Å². The van der Waals surface area contributed by atoms with Crippen LogP contribution in [0.15, 0.2) is 65.8 Å². The first-order valence-corrected chi connectivity index (χ1v) is 12.6. The fourth-order valence-corrected chi connectivity index (χ4v) is 4.06. The Morgan fingerprint density at radius 3 is 2.56 bits per heavy atom. The van der Waals surface area contributed by atoms with Crippen LogP contribution in [0.2, 0.25) is 0 Å². The third-order valence-electron chi connectivity index (χ3n) is 4.54. The van der Waals surface area contributed by atoms with Crippen molar-refractivity contribution in [3.8, 4) is 11.6 Å². The van der Waals surface area contributed by atoms with E-state index in [9.17, 15) is 13.2 Å². The van der Waals surface area contributed by atoms with Crippen LogP contribution in [0.3, 0.4) is 0 Å². The SMILES string of the molecule is CCOCCOc1cccc(C(=O)NC(=S)Nc2ccc(S(=O)(=O)Nc3cc(OC)ncn3)cc2)c1. The second-order valence-corrected chi connectivity index (χ2v) is 9.15. The molecule has 3 aromatic rings. The van der Waals surface area contributed by atoms with Gasteiger partial charge in [-0.05, 0) is 61.6 Å². The summed E-state index contributed by atoms with van der Waals surface area (Å²) in [6.45, 7) is 3.32. The van der Waals surface area contributed by atoms with E-state index >= 15 is 0 Å². The number of rotatable bonds is 11. The van der Waals surface area contributed by atoms with Crippen molar-refractivity contribution < 1.29 is 27.4 Å². The van der Waals surface area contributed by atoms with Crippen LogP contribution in [0.4, 0.5) is 11.5 Å². The van der Waals surface area contributed by atoms with Crippen molar-refractivity contribution in [2.75, 3.05) is 37.0 Å². The third kappa shape index (κ3) is 7.86. The minimum absolute atomic E-state index is 0.00161. The van der Waals surface area contributed by atoms with E-state index in [4.69, 9.17) is 26.4 Å². The van der Waals surface area contributed by atoms with Crippen molar-refractivity contribution in [1.82, 2.24) is 15.3 Å². The molecule has 0 unspecified atom stereocenters. The highest BCUT2D eigenvalue weighted by Gasteiger charge is 2.16. The molecule has 13 heteroatoms. The average Bonchev–Trinajstić information content (AvgIpc) is 2.87. The van der Waals surface area contributed by atoms with Gasteiger partial charge in [-0.2, -0.15) is 0 Å². The predicted octanol–water partition coefficient (Wildman–Crippen LogP) is 2.83. The number of carbonyl (C=O) groups excluding carboxylic acids is 1. The highest BCUT2D eigenvalue weighted by Crippen LogP contribution is 2.19. The fraction of sp³-hybridized carbons (Fsp3) is 0.217. The maximum atomic E-state index is 12.6. The number of carbonyl (C=O) groups is 1. The predicted molar refractivity (Wildman–Crippen MR) is 138 cm³/mol. The summed E-state index contributed by atoms with van der Waals surface area (Å²) in [6.07, 6.45) is 1.19. The molecule has 0 saturated carbocycles. The molecule has 36 heavy (non-hydrogen) atoms. The van der Waals surface area contributed by atoms with E-state index < -0.39 is 15.9 Å². The number of aromatic nitrogens is 2. The molecule has 0 radical (unpaired) electrons. The van der Waals surface area contributed by atoms with E-state index in [-0.39, 0.29) is 21.7 Å². The molecular weight excluding hydrogens is 506 g/mol. The molecule has 0 atom stereocenters. The van der Waals surface area contributed by atoms with Crippen molar-refractivity contribution in [2.45, 2.75) is 11.8 Å². The number of ether oxygens (including phenoxy) is 3. The van der Waals surface area contributed by atoms with Gasteiger partial charge in [0, 0.05) is 23.9 Å². The minimum atomic E-state index is -3.90. The van der Waals surface area contributed by atoms with Gasteiger partial charge in [-0.3, -0.25) is 14.8 Å². The summed E-state index contributed by atoms with van der Waals surface area (Å²) in [6, 6.07) is 13.8. The topological polar surface area (TPSA) is 141 Å². The molecule has 3 N–H and O–H groups in total. The van der Waals surface area contributed by atoms with Gasteiger partial charge in [-0.25, -0.2) is 18.4 Å². The Balaban J connectivity index is 1.56. The van der Waals surface area contributed by atoms with Gasteiger partial charge in [-0.15, -0.1) is 0 Å². The number of hydrogen-bond acceptors (Lipinski definition) is 9. The summed E-state index contributed by atoms with van der Waals surface area (Å²) in [7, 11) is -2.49. The first-order valence-electron chi connectivity index (χ1n) is 10.7. The summed E-state index contributed by atoms with van der Waals surface area (Å²) < 4.78 is 43.4. The lowest BCUT2D eigenvalue weighted by atomic mass is 10.2. The van der Waals surface area contributed by atoms with E-state index in [0.717, 1.165) is 0 Å². The molecule has 11 nitrogen and oxygen atoms in total. The average molecular weight is 532 g/mol. The number of nitrogens with zero attached hydrogens (tertiary/aromatic N) is 2. The molecule has 0 fully saturated rings. The summed E-state index contributed by atoms with van der Waals surface area (Å²) in [5.74, 6) is 0.397. The number of benzene rings is 2. The monoisotopic (exact) mass is 531 g/mol. The van der Waals surface area contributed by atoms with Crippen molar-refractivity contribution in [3.05, 3.63) is 66.5 Å². The van der Waals surface area contributed by atoms with Gasteiger partial charge in [0.1, 0.15) is 24.5 Å². The van der Waals surface area contributed by atoms with Crippen molar-refractivity contribution in [1.29, 1.82) is 0 Å². The Bertz CT molecular complexity index is 1300. The molecule has 3 rings (SSSR count). The van der Waals surface area contributed by atoms with Crippen LogP contribution in [-0.2, 0) is 14.8 Å². The molecule has 1 aromatic heterocycles. The molecule has 0 aliphatic carbocycles. The minimum Gasteiger partial charge on any atom is -0.491 e. The zero-order valence-electron chi connectivity index (χ0n) is 19.6. The maximum absolute atomic E-state index is 12.6. The first-order chi connectivity index (χ1) is 17.3. The standard InChI is InChI=1S/C23H25N5O6S2/c1-3-33-11-12-34-18-6-4-5-16(13-18)22(29)27-23(35)26-17-7-9-19(10-8-17)36(30,31)28-20-14-21(32-2)25-15-24-20/h4-10,13-15H,3,11-12H2,1-2H3,(H,24,25,28)(H2,26,27,29,35). The Hall–Kier alpha value is -3.81. The summed E-state index contributed by atoms with van der Waals surface area (Å²) in [5.41, 5.74) is 0.845. The van der Waals surface area contributed by atoms with Gasteiger partial charge in [0.2, 0.25) is 5.88 Å². The second-order valence-electron chi connectivity index (χ2n) is 7.06. The lowest BCUT2D eigenvalue weighted by Crippen LogP contribution is -2.34. The van der Waals surface area contributed by atoms with E-state index in [1.54, 1.807) is 24.3 Å². The lowest BCUT2D eigenvalue weighted by molar-refractivity contribution is 0.0976. The van der Waals surface area contributed by atoms with Crippen molar-refractivity contribution in [3.63, 3.8) is 0 Å². The van der Waals surface area contributed by atoms with Gasteiger partial charge in [0.25, 0.3) is 15.9 Å². The van der Waals surface area contributed by atoms with Gasteiger partial charge in [0.05, 0.1) is 18.6 Å². The molecule has 0 bridgehead atoms. The molecule has 1 heterocycles. The zero-order chi connectivity index (χ0) is 26.0.